The summed E-state index contributed by atoms with van der Waals surface area (Å²) in [4.78, 5) is 0. The largest absolute Gasteiger partial charge is 0.506 e. The molecule has 9 rings (SSSR count). The second kappa shape index (κ2) is 10.3. The number of hydrogen-bond acceptors (Lipinski definition) is 5. The fraction of sp³-hybridized carbons (Fsp3) is 0.0952. The molecule has 0 spiro atoms. The van der Waals surface area contributed by atoms with Gasteiger partial charge >= 0.3 is 0 Å². The minimum Gasteiger partial charge on any atom is -0.506 e. The molecule has 0 aromatic heterocycles. The van der Waals surface area contributed by atoms with Gasteiger partial charge in [0.05, 0.1) is 11.1 Å². The minimum absolute atomic E-state index is 0.0829. The van der Waals surface area contributed by atoms with Crippen molar-refractivity contribution in [3.63, 3.8) is 0 Å². The van der Waals surface area contributed by atoms with Gasteiger partial charge in [-0.1, -0.05) is 103 Å². The van der Waals surface area contributed by atoms with Gasteiger partial charge in [0, 0.05) is 17.0 Å². The molecule has 0 fully saturated rings. The fourth-order valence-corrected chi connectivity index (χ4v) is 7.71. The van der Waals surface area contributed by atoms with Crippen molar-refractivity contribution < 1.29 is 25.2 Å². The average Bonchev–Trinajstić information content (AvgIpc) is 3.46. The van der Waals surface area contributed by atoms with Gasteiger partial charge in [0.25, 0.3) is 0 Å². The van der Waals surface area contributed by atoms with Crippen molar-refractivity contribution in [2.24, 2.45) is 0 Å². The van der Waals surface area contributed by atoms with Crippen molar-refractivity contribution in [1.82, 2.24) is 0 Å². The average molecular weight is 615 g/mol. The Labute approximate surface area is 270 Å². The number of hydrogen-bond donors (Lipinski definition) is 4. The summed E-state index contributed by atoms with van der Waals surface area (Å²) in [5.74, 6) is -1.02. The van der Waals surface area contributed by atoms with Crippen LogP contribution in [0.3, 0.4) is 0 Å². The van der Waals surface area contributed by atoms with Crippen LogP contribution in [0.5, 0.6) is 28.7 Å². The van der Waals surface area contributed by atoms with Crippen molar-refractivity contribution >= 4 is 43.5 Å². The molecule has 6 aromatic carbocycles. The number of phenolic OH excluding ortho intramolecular Hbond substituents is 4. The molecular weight excluding hydrogens is 584 g/mol. The quantitative estimate of drug-likeness (QED) is 0.0905. The fourth-order valence-electron chi connectivity index (χ4n) is 7.71. The van der Waals surface area contributed by atoms with Gasteiger partial charge in [-0.25, -0.2) is 0 Å². The van der Waals surface area contributed by atoms with E-state index in [1.807, 2.05) is 72.8 Å². The van der Waals surface area contributed by atoms with Crippen LogP contribution < -0.4 is 4.74 Å². The molecule has 47 heavy (non-hydrogen) atoms. The Morgan fingerprint density at radius 3 is 1.89 bits per heavy atom. The van der Waals surface area contributed by atoms with E-state index in [9.17, 15) is 20.4 Å². The zero-order chi connectivity index (χ0) is 31.8. The maximum atomic E-state index is 11.8. The summed E-state index contributed by atoms with van der Waals surface area (Å²) in [6, 6.07) is 28.5. The van der Waals surface area contributed by atoms with Crippen molar-refractivity contribution in [2.75, 3.05) is 0 Å². The zero-order valence-electron chi connectivity index (χ0n) is 25.3. The first-order valence-electron chi connectivity index (χ1n) is 15.9. The highest BCUT2D eigenvalue weighted by atomic mass is 16.5. The summed E-state index contributed by atoms with van der Waals surface area (Å²) in [6.45, 7) is 0. The molecule has 228 valence electrons. The first-order chi connectivity index (χ1) is 23.0. The van der Waals surface area contributed by atoms with E-state index in [2.05, 4.69) is 48.6 Å². The molecule has 0 saturated carbocycles. The molecule has 2 aliphatic carbocycles. The third kappa shape index (κ3) is 4.03. The molecule has 5 heteroatoms. The molecule has 0 amide bonds. The van der Waals surface area contributed by atoms with Crippen LogP contribution in [0.1, 0.15) is 35.4 Å². The van der Waals surface area contributed by atoms with Crippen LogP contribution in [0.2, 0.25) is 0 Å². The van der Waals surface area contributed by atoms with Crippen LogP contribution in [0.4, 0.5) is 0 Å². The van der Waals surface area contributed by atoms with E-state index in [0.29, 0.717) is 17.6 Å². The van der Waals surface area contributed by atoms with Crippen LogP contribution in [0.15, 0.2) is 121 Å². The van der Waals surface area contributed by atoms with Crippen molar-refractivity contribution in [1.29, 1.82) is 0 Å². The molecule has 6 aromatic rings. The molecule has 0 bridgehead atoms. The highest BCUT2D eigenvalue weighted by Crippen LogP contribution is 2.57. The second-order valence-corrected chi connectivity index (χ2v) is 12.5. The SMILES string of the molecule is Oc1c(O)c(C2=CC=CCC2)c(O)c(-c2c3ccccc3c(C3=CC4Oc5cc6ccccc6cc5C4C=C3)c3ccccc23)c1O. The summed E-state index contributed by atoms with van der Waals surface area (Å²) in [5.41, 5.74) is 4.69. The molecule has 4 N–H and O–H groups in total. The number of fused-ring (bicyclic) bond motifs is 6. The topological polar surface area (TPSA) is 90.2 Å². The van der Waals surface area contributed by atoms with Crippen molar-refractivity contribution in [3.8, 4) is 39.9 Å². The van der Waals surface area contributed by atoms with Gasteiger partial charge in [-0.3, -0.25) is 0 Å². The molecule has 2 unspecified atom stereocenters. The second-order valence-electron chi connectivity index (χ2n) is 12.5. The molecule has 0 saturated heterocycles. The number of allylic oxidation sites excluding steroid dienone is 6. The zero-order valence-corrected chi connectivity index (χ0v) is 25.3. The summed E-state index contributed by atoms with van der Waals surface area (Å²) < 4.78 is 6.56. The number of rotatable bonds is 3. The Bertz CT molecular complexity index is 2390. The molecule has 1 heterocycles. The van der Waals surface area contributed by atoms with E-state index < -0.39 is 17.2 Å². The van der Waals surface area contributed by atoms with E-state index in [1.54, 1.807) is 0 Å². The predicted octanol–water partition coefficient (Wildman–Crippen LogP) is 9.87. The van der Waals surface area contributed by atoms with Crippen LogP contribution in [0, 0.1) is 0 Å². The third-order valence-electron chi connectivity index (χ3n) is 9.88. The van der Waals surface area contributed by atoms with Gasteiger partial charge in [-0.05, 0) is 80.1 Å². The van der Waals surface area contributed by atoms with Crippen LogP contribution in [-0.2, 0) is 0 Å². The summed E-state index contributed by atoms with van der Waals surface area (Å²) >= 11 is 0. The monoisotopic (exact) mass is 614 g/mol. The lowest BCUT2D eigenvalue weighted by atomic mass is 9.81. The Hall–Kier alpha value is -5.94. The number of benzene rings is 6. The van der Waals surface area contributed by atoms with Gasteiger partial charge in [0.15, 0.2) is 11.5 Å². The van der Waals surface area contributed by atoms with Crippen molar-refractivity contribution in [2.45, 2.75) is 24.9 Å². The summed E-state index contributed by atoms with van der Waals surface area (Å²) in [6.07, 6.45) is 13.4. The van der Waals surface area contributed by atoms with Gasteiger partial charge in [-0.2, -0.15) is 0 Å². The van der Waals surface area contributed by atoms with E-state index in [-0.39, 0.29) is 28.9 Å². The van der Waals surface area contributed by atoms with E-state index in [0.717, 1.165) is 50.2 Å². The van der Waals surface area contributed by atoms with E-state index in [4.69, 9.17) is 4.74 Å². The smallest absolute Gasteiger partial charge is 0.201 e. The lowest BCUT2D eigenvalue weighted by Gasteiger charge is -2.24. The molecule has 1 aliphatic heterocycles. The Balaban J connectivity index is 1.27. The number of aromatic hydroxyl groups is 4. The van der Waals surface area contributed by atoms with Gasteiger partial charge in [0.2, 0.25) is 5.75 Å². The molecular formula is C42H30O5. The standard InChI is InChI=1S/C42H30O5/c43-39-36(23-10-2-1-3-11-23)40(44)42(46)41(45)38(39)37-30-16-8-6-14-28(30)35(29-15-7-9-17-31(29)37)26-18-19-27-32-20-24-12-4-5-13-25(24)21-34(32)47-33(27)22-26/h1-2,4-10,12-22,27,33,43-46H,3,11H2. The number of ether oxygens (including phenoxy) is 1. The first-order valence-corrected chi connectivity index (χ1v) is 15.9. The lowest BCUT2D eigenvalue weighted by molar-refractivity contribution is 0.270. The Kier molecular flexibility index (Phi) is 6.00. The Morgan fingerprint density at radius 1 is 0.617 bits per heavy atom. The maximum absolute atomic E-state index is 11.8. The van der Waals surface area contributed by atoms with Crippen LogP contribution >= 0.6 is 0 Å². The Morgan fingerprint density at radius 2 is 1.23 bits per heavy atom. The van der Waals surface area contributed by atoms with Gasteiger partial charge in [0.1, 0.15) is 17.6 Å². The highest BCUT2D eigenvalue weighted by molar-refractivity contribution is 6.21. The molecule has 3 aliphatic rings. The summed E-state index contributed by atoms with van der Waals surface area (Å²) in [5, 5.41) is 51.0. The first kappa shape index (κ1) is 27.4. The maximum Gasteiger partial charge on any atom is 0.201 e. The minimum atomic E-state index is -0.657. The third-order valence-corrected chi connectivity index (χ3v) is 9.88. The number of phenols is 4. The normalized spacial score (nSPS) is 18.2. The predicted molar refractivity (Wildman–Crippen MR) is 188 cm³/mol. The lowest BCUT2D eigenvalue weighted by Crippen LogP contribution is -2.17. The highest BCUT2D eigenvalue weighted by Gasteiger charge is 2.35. The van der Waals surface area contributed by atoms with Crippen LogP contribution in [0.25, 0.3) is 54.6 Å². The molecule has 0 radical (unpaired) electrons. The van der Waals surface area contributed by atoms with Crippen molar-refractivity contribution in [3.05, 3.63) is 138 Å². The van der Waals surface area contributed by atoms with Gasteiger partial charge in [-0.15, -0.1) is 0 Å². The van der Waals surface area contributed by atoms with Crippen LogP contribution in [-0.4, -0.2) is 26.5 Å². The summed E-state index contributed by atoms with van der Waals surface area (Å²) in [7, 11) is 0. The van der Waals surface area contributed by atoms with E-state index in [1.165, 1.54) is 10.9 Å². The van der Waals surface area contributed by atoms with E-state index >= 15 is 0 Å². The molecule has 5 nitrogen and oxygen atoms in total. The van der Waals surface area contributed by atoms with Gasteiger partial charge < -0.3 is 25.2 Å². The molecule has 2 atom stereocenters.